The molecule has 25 heavy (non-hydrogen) atoms. The van der Waals surface area contributed by atoms with Gasteiger partial charge in [-0.2, -0.15) is 0 Å². The van der Waals surface area contributed by atoms with Crippen molar-refractivity contribution in [3.63, 3.8) is 0 Å². The first-order valence-electron chi connectivity index (χ1n) is 7.77. The number of hydrogen-bond acceptors (Lipinski definition) is 6. The van der Waals surface area contributed by atoms with Crippen LogP contribution < -0.4 is 19.7 Å². The number of rotatable bonds is 6. The molecule has 1 aromatic carbocycles. The van der Waals surface area contributed by atoms with Gasteiger partial charge < -0.3 is 20.5 Å². The van der Waals surface area contributed by atoms with Gasteiger partial charge in [-0.25, -0.2) is 8.42 Å². The van der Waals surface area contributed by atoms with E-state index < -0.39 is 21.8 Å². The van der Waals surface area contributed by atoms with Gasteiger partial charge in [0.15, 0.2) is 0 Å². The van der Waals surface area contributed by atoms with E-state index in [9.17, 15) is 18.0 Å². The molecule has 0 atom stereocenters. The summed E-state index contributed by atoms with van der Waals surface area (Å²) >= 11 is 0. The van der Waals surface area contributed by atoms with Crippen molar-refractivity contribution in [2.45, 2.75) is 12.8 Å². The zero-order valence-corrected chi connectivity index (χ0v) is 14.6. The van der Waals surface area contributed by atoms with Crippen LogP contribution >= 0.6 is 0 Å². The fourth-order valence-corrected chi connectivity index (χ4v) is 3.97. The molecule has 3 N–H and O–H groups in total. The lowest BCUT2D eigenvalue weighted by atomic mass is 10.2. The quantitative estimate of drug-likeness (QED) is 0.465. The Hall–Kier alpha value is -2.33. The first kappa shape index (κ1) is 19.0. The minimum atomic E-state index is -3.36. The van der Waals surface area contributed by atoms with Gasteiger partial charge in [-0.15, -0.1) is 0 Å². The number of anilines is 2. The Bertz CT molecular complexity index is 750. The van der Waals surface area contributed by atoms with Gasteiger partial charge in [-0.1, -0.05) is 0 Å². The first-order valence-corrected chi connectivity index (χ1v) is 9.38. The third-order valence-corrected chi connectivity index (χ3v) is 5.51. The van der Waals surface area contributed by atoms with E-state index >= 15 is 0 Å². The molecule has 0 unspecified atom stereocenters. The lowest BCUT2D eigenvalue weighted by Crippen LogP contribution is -2.36. The monoisotopic (exact) mass is 371 g/mol. The number of nitrogens with zero attached hydrogens (tertiary/aromatic N) is 1. The molecule has 0 aliphatic carbocycles. The van der Waals surface area contributed by atoms with Crippen LogP contribution in [-0.4, -0.2) is 57.9 Å². The summed E-state index contributed by atoms with van der Waals surface area (Å²) in [5.41, 5.74) is 0.596. The van der Waals surface area contributed by atoms with Crippen molar-refractivity contribution in [3.8, 4) is 5.75 Å². The molecule has 0 aromatic heterocycles. The molecule has 10 heteroatoms. The Kier molecular flexibility index (Phi) is 6.21. The topological polar surface area (TPSA) is 125 Å². The predicted molar refractivity (Wildman–Crippen MR) is 92.1 cm³/mol. The normalized spacial score (nSPS) is 15.7. The summed E-state index contributed by atoms with van der Waals surface area (Å²) in [6.07, 6.45) is 0.869. The number of methoxy groups -OCH3 is 1. The van der Waals surface area contributed by atoms with E-state index in [-0.39, 0.29) is 24.6 Å². The summed E-state index contributed by atoms with van der Waals surface area (Å²) < 4.78 is 30.5. The van der Waals surface area contributed by atoms with Crippen LogP contribution in [0.2, 0.25) is 0 Å². The van der Waals surface area contributed by atoms with Crippen LogP contribution in [0.15, 0.2) is 18.2 Å². The number of nitrogens with one attached hydrogen (secondary N) is 2. The van der Waals surface area contributed by atoms with Crippen LogP contribution in [0.1, 0.15) is 12.8 Å². The van der Waals surface area contributed by atoms with Crippen LogP contribution in [0.3, 0.4) is 0 Å². The highest BCUT2D eigenvalue weighted by molar-refractivity contribution is 7.93. The Labute approximate surface area is 146 Å². The smallest absolute Gasteiger partial charge is 0.313 e. The van der Waals surface area contributed by atoms with E-state index in [4.69, 9.17) is 9.84 Å². The van der Waals surface area contributed by atoms with Crippen molar-refractivity contribution < 1.29 is 27.9 Å². The molecule has 0 radical (unpaired) electrons. The average Bonchev–Trinajstić information content (AvgIpc) is 2.94. The second-order valence-corrected chi connectivity index (χ2v) is 7.43. The van der Waals surface area contributed by atoms with Gasteiger partial charge in [-0.3, -0.25) is 13.9 Å². The van der Waals surface area contributed by atoms with Crippen LogP contribution in [0.25, 0.3) is 0 Å². The highest BCUT2D eigenvalue weighted by Gasteiger charge is 2.29. The molecule has 0 bridgehead atoms. The summed E-state index contributed by atoms with van der Waals surface area (Å²) in [5.74, 6) is -1.38. The summed E-state index contributed by atoms with van der Waals surface area (Å²) in [5, 5.41) is 13.5. The molecule has 1 heterocycles. The summed E-state index contributed by atoms with van der Waals surface area (Å²) in [6.45, 7) is 0.442. The highest BCUT2D eigenvalue weighted by atomic mass is 32.2. The molecule has 0 spiro atoms. The Morgan fingerprint density at radius 2 is 2.08 bits per heavy atom. The number of benzene rings is 1. The summed E-state index contributed by atoms with van der Waals surface area (Å²) in [7, 11) is -1.96. The number of amides is 2. The van der Waals surface area contributed by atoms with Crippen molar-refractivity contribution in [3.05, 3.63) is 18.2 Å². The largest absolute Gasteiger partial charge is 0.495 e. The fourth-order valence-electron chi connectivity index (χ4n) is 2.42. The van der Waals surface area contributed by atoms with Crippen molar-refractivity contribution in [1.82, 2.24) is 5.32 Å². The maximum Gasteiger partial charge on any atom is 0.313 e. The molecule has 1 fully saturated rings. The van der Waals surface area contributed by atoms with E-state index in [0.717, 1.165) is 0 Å². The van der Waals surface area contributed by atoms with Gasteiger partial charge in [0.1, 0.15) is 5.75 Å². The maximum absolute atomic E-state index is 12.0. The van der Waals surface area contributed by atoms with Crippen LogP contribution in [0, 0.1) is 0 Å². The number of aliphatic hydroxyl groups excluding tert-OH is 1. The van der Waals surface area contributed by atoms with Gasteiger partial charge in [-0.05, 0) is 31.0 Å². The predicted octanol–water partition coefficient (Wildman–Crippen LogP) is -0.328. The third kappa shape index (κ3) is 4.60. The lowest BCUT2D eigenvalue weighted by molar-refractivity contribution is -0.136. The number of hydrogen-bond donors (Lipinski definition) is 3. The minimum Gasteiger partial charge on any atom is -0.495 e. The van der Waals surface area contributed by atoms with Gasteiger partial charge in [0.05, 0.1) is 24.2 Å². The molecule has 1 saturated heterocycles. The number of carbonyl (C=O) groups is 2. The zero-order valence-electron chi connectivity index (χ0n) is 13.8. The van der Waals surface area contributed by atoms with Crippen LogP contribution in [0.5, 0.6) is 5.75 Å². The van der Waals surface area contributed by atoms with Crippen LogP contribution in [0.4, 0.5) is 11.4 Å². The second kappa shape index (κ2) is 8.17. The standard InChI is InChI=1S/C15H21N3O6S/c1-24-13-5-4-11(18-7-3-9-25(18,22)23)10-12(13)17-15(21)14(20)16-6-2-8-19/h4-5,10,19H,2-3,6-9H2,1H3,(H,16,20)(H,17,21). The number of ether oxygens (including phenoxy) is 1. The summed E-state index contributed by atoms with van der Waals surface area (Å²) in [4.78, 5) is 23.7. The zero-order chi connectivity index (χ0) is 18.4. The number of carbonyl (C=O) groups excluding carboxylic acids is 2. The average molecular weight is 371 g/mol. The number of sulfonamides is 1. The second-order valence-electron chi connectivity index (χ2n) is 5.41. The van der Waals surface area contributed by atoms with Crippen molar-refractivity contribution >= 4 is 33.2 Å². The molecule has 0 saturated carbocycles. The molecule has 2 rings (SSSR count). The fraction of sp³-hybridized carbons (Fsp3) is 0.467. The molecule has 1 aliphatic rings. The summed E-state index contributed by atoms with van der Waals surface area (Å²) in [6, 6.07) is 4.57. The highest BCUT2D eigenvalue weighted by Crippen LogP contribution is 2.32. The molecule has 9 nitrogen and oxygen atoms in total. The van der Waals surface area contributed by atoms with Gasteiger partial charge in [0.2, 0.25) is 10.0 Å². The Balaban J connectivity index is 2.17. The van der Waals surface area contributed by atoms with Crippen molar-refractivity contribution in [2.24, 2.45) is 0 Å². The Morgan fingerprint density at radius 3 is 2.68 bits per heavy atom. The first-order chi connectivity index (χ1) is 11.9. The van der Waals surface area contributed by atoms with E-state index in [1.165, 1.54) is 23.5 Å². The molecule has 1 aliphatic heterocycles. The van der Waals surface area contributed by atoms with Crippen molar-refractivity contribution in [1.29, 1.82) is 0 Å². The SMILES string of the molecule is COc1ccc(N2CCCS2(=O)=O)cc1NC(=O)C(=O)NCCCO. The Morgan fingerprint density at radius 1 is 1.32 bits per heavy atom. The van der Waals surface area contributed by atoms with Gasteiger partial charge in [0, 0.05) is 19.7 Å². The number of aliphatic hydroxyl groups is 1. The van der Waals surface area contributed by atoms with Gasteiger partial charge >= 0.3 is 11.8 Å². The minimum absolute atomic E-state index is 0.0774. The van der Waals surface area contributed by atoms with Crippen molar-refractivity contribution in [2.75, 3.05) is 42.2 Å². The lowest BCUT2D eigenvalue weighted by Gasteiger charge is -2.19. The molecule has 138 valence electrons. The third-order valence-electron chi connectivity index (χ3n) is 3.65. The van der Waals surface area contributed by atoms with E-state index in [1.807, 2.05) is 0 Å². The van der Waals surface area contributed by atoms with E-state index in [2.05, 4.69) is 10.6 Å². The van der Waals surface area contributed by atoms with E-state index in [0.29, 0.717) is 30.8 Å². The molecule has 2 amide bonds. The van der Waals surface area contributed by atoms with E-state index in [1.54, 1.807) is 6.07 Å². The molecule has 1 aromatic rings. The van der Waals surface area contributed by atoms with Crippen LogP contribution in [-0.2, 0) is 19.6 Å². The molecular weight excluding hydrogens is 350 g/mol. The maximum atomic E-state index is 12.0. The van der Waals surface area contributed by atoms with Gasteiger partial charge in [0.25, 0.3) is 0 Å². The molecular formula is C15H21N3O6S.